The summed E-state index contributed by atoms with van der Waals surface area (Å²) < 4.78 is 7.75. The van der Waals surface area contributed by atoms with Crippen LogP contribution in [0.3, 0.4) is 0 Å². The highest BCUT2D eigenvalue weighted by atomic mass is 35.5. The van der Waals surface area contributed by atoms with Crippen LogP contribution in [0.2, 0.25) is 5.02 Å². The lowest BCUT2D eigenvalue weighted by Crippen LogP contribution is -2.13. The molecule has 0 aliphatic carbocycles. The van der Waals surface area contributed by atoms with Crippen LogP contribution in [0.4, 0.5) is 5.82 Å². The largest absolute Gasteiger partial charge is 0.384 e. The van der Waals surface area contributed by atoms with Crippen molar-refractivity contribution in [3.8, 4) is 23.0 Å². The van der Waals surface area contributed by atoms with E-state index in [1.165, 1.54) is 0 Å². The molecular weight excluding hydrogens is 362 g/mol. The zero-order valence-electron chi connectivity index (χ0n) is 14.8. The molecule has 1 aliphatic rings. The third kappa shape index (κ3) is 3.27. The molecule has 0 amide bonds. The number of hydrogen-bond acceptors (Lipinski definition) is 5. The number of aromatic nitrogens is 3. The summed E-state index contributed by atoms with van der Waals surface area (Å²) in [6.45, 7) is 2.69. The third-order valence-corrected chi connectivity index (χ3v) is 5.03. The molecule has 2 N–H and O–H groups in total. The number of ether oxygens (including phenoxy) is 1. The molecule has 1 aliphatic heterocycles. The van der Waals surface area contributed by atoms with Crippen LogP contribution in [0.5, 0.6) is 0 Å². The van der Waals surface area contributed by atoms with E-state index in [2.05, 4.69) is 18.0 Å². The Kier molecular flexibility index (Phi) is 4.56. The second-order valence-electron chi connectivity index (χ2n) is 6.57. The number of nitrogens with two attached hydrogens (primary N) is 1. The summed E-state index contributed by atoms with van der Waals surface area (Å²) in [5, 5.41) is 14.6. The van der Waals surface area contributed by atoms with Crippen LogP contribution in [-0.2, 0) is 17.6 Å². The summed E-state index contributed by atoms with van der Waals surface area (Å²) in [7, 11) is 0. The van der Waals surface area contributed by atoms with Crippen molar-refractivity contribution in [1.82, 2.24) is 14.8 Å². The van der Waals surface area contributed by atoms with E-state index in [4.69, 9.17) is 27.2 Å². The number of anilines is 1. The van der Waals surface area contributed by atoms with Gasteiger partial charge in [-0.05, 0) is 43.7 Å². The highest BCUT2D eigenvalue weighted by molar-refractivity contribution is 6.31. The van der Waals surface area contributed by atoms with Crippen LogP contribution in [0, 0.1) is 11.3 Å². The topological polar surface area (TPSA) is 89.8 Å². The Morgan fingerprint density at radius 1 is 1.33 bits per heavy atom. The Bertz CT molecular complexity index is 1040. The summed E-state index contributed by atoms with van der Waals surface area (Å²) in [5.41, 5.74) is 10.9. The first-order chi connectivity index (χ1) is 13.1. The van der Waals surface area contributed by atoms with E-state index in [0.717, 1.165) is 41.0 Å². The molecule has 2 aromatic heterocycles. The molecule has 1 atom stereocenters. The number of fused-ring (bicyclic) bond motifs is 1. The summed E-state index contributed by atoms with van der Waals surface area (Å²) in [6, 6.07) is 11.2. The zero-order chi connectivity index (χ0) is 19.0. The van der Waals surface area contributed by atoms with E-state index < -0.39 is 0 Å². The van der Waals surface area contributed by atoms with E-state index in [1.54, 1.807) is 24.4 Å². The van der Waals surface area contributed by atoms with Crippen LogP contribution in [-0.4, -0.2) is 27.5 Å². The van der Waals surface area contributed by atoms with E-state index in [9.17, 15) is 5.26 Å². The van der Waals surface area contributed by atoms with Gasteiger partial charge in [-0.3, -0.25) is 0 Å². The maximum absolute atomic E-state index is 9.32. The Morgan fingerprint density at radius 3 is 2.93 bits per heavy atom. The van der Waals surface area contributed by atoms with Crippen molar-refractivity contribution in [1.29, 1.82) is 5.26 Å². The number of nitrogen functional groups attached to an aromatic ring is 1. The van der Waals surface area contributed by atoms with Gasteiger partial charge in [-0.15, -0.1) is 0 Å². The highest BCUT2D eigenvalue weighted by Crippen LogP contribution is 2.31. The molecule has 3 heterocycles. The minimum Gasteiger partial charge on any atom is -0.384 e. The maximum atomic E-state index is 9.32. The van der Waals surface area contributed by atoms with Gasteiger partial charge in [-0.2, -0.15) is 10.4 Å². The van der Waals surface area contributed by atoms with E-state index >= 15 is 0 Å². The third-order valence-electron chi connectivity index (χ3n) is 4.70. The average molecular weight is 380 g/mol. The smallest absolute Gasteiger partial charge is 0.123 e. The summed E-state index contributed by atoms with van der Waals surface area (Å²) in [6.07, 6.45) is 3.31. The van der Waals surface area contributed by atoms with Gasteiger partial charge < -0.3 is 10.5 Å². The Labute approximate surface area is 162 Å². The van der Waals surface area contributed by atoms with Crippen LogP contribution in [0.1, 0.15) is 23.7 Å². The van der Waals surface area contributed by atoms with Gasteiger partial charge in [0.25, 0.3) is 0 Å². The second-order valence-corrected chi connectivity index (χ2v) is 6.98. The van der Waals surface area contributed by atoms with Gasteiger partial charge in [0.2, 0.25) is 0 Å². The molecule has 0 bridgehead atoms. The molecule has 0 fully saturated rings. The van der Waals surface area contributed by atoms with Crippen molar-refractivity contribution in [2.24, 2.45) is 0 Å². The minimum absolute atomic E-state index is 0.0850. The van der Waals surface area contributed by atoms with Crippen molar-refractivity contribution < 1.29 is 4.74 Å². The molecule has 3 aromatic rings. The van der Waals surface area contributed by atoms with Crippen LogP contribution in [0.25, 0.3) is 16.9 Å². The summed E-state index contributed by atoms with van der Waals surface area (Å²) >= 11 is 6.10. The van der Waals surface area contributed by atoms with Crippen molar-refractivity contribution in [2.75, 3.05) is 12.3 Å². The fourth-order valence-corrected chi connectivity index (χ4v) is 3.53. The first kappa shape index (κ1) is 17.5. The van der Waals surface area contributed by atoms with Gasteiger partial charge in [-0.1, -0.05) is 11.6 Å². The van der Waals surface area contributed by atoms with Gasteiger partial charge in [0.05, 0.1) is 40.4 Å². The molecule has 27 heavy (non-hydrogen) atoms. The van der Waals surface area contributed by atoms with Gasteiger partial charge in [0, 0.05) is 23.7 Å². The molecule has 0 radical (unpaired) electrons. The van der Waals surface area contributed by atoms with Gasteiger partial charge >= 0.3 is 0 Å². The van der Waals surface area contributed by atoms with Crippen LogP contribution in [0.15, 0.2) is 36.5 Å². The fourth-order valence-electron chi connectivity index (χ4n) is 3.37. The minimum atomic E-state index is 0.0850. The maximum Gasteiger partial charge on any atom is 0.123 e. The first-order valence-corrected chi connectivity index (χ1v) is 9.09. The molecule has 1 aromatic carbocycles. The van der Waals surface area contributed by atoms with Crippen LogP contribution >= 0.6 is 11.6 Å². The second kappa shape index (κ2) is 7.03. The van der Waals surface area contributed by atoms with Gasteiger partial charge in [0.15, 0.2) is 0 Å². The lowest BCUT2D eigenvalue weighted by Gasteiger charge is -2.12. The lowest BCUT2D eigenvalue weighted by atomic mass is 10.0. The molecular formula is C20H18ClN5O. The lowest BCUT2D eigenvalue weighted by molar-refractivity contribution is 0.0735. The Balaban J connectivity index is 1.92. The SMILES string of the molecule is C[C@@H]1Cc2c(c(-c3ccc(N)nc3)nn2-c2ccc(Cl)c(C#N)c2)CCO1. The number of halogens is 1. The van der Waals surface area contributed by atoms with Crippen LogP contribution < -0.4 is 5.73 Å². The first-order valence-electron chi connectivity index (χ1n) is 8.71. The zero-order valence-corrected chi connectivity index (χ0v) is 15.6. The van der Waals surface area contributed by atoms with Gasteiger partial charge in [0.1, 0.15) is 11.9 Å². The predicted molar refractivity (Wildman–Crippen MR) is 104 cm³/mol. The number of benzene rings is 1. The van der Waals surface area contributed by atoms with Crippen molar-refractivity contribution in [2.45, 2.75) is 25.9 Å². The molecule has 0 saturated heterocycles. The predicted octanol–water partition coefficient (Wildman–Crippen LogP) is 3.55. The number of hydrogen-bond donors (Lipinski definition) is 1. The van der Waals surface area contributed by atoms with E-state index in [1.807, 2.05) is 16.8 Å². The van der Waals surface area contributed by atoms with Gasteiger partial charge in [-0.25, -0.2) is 9.67 Å². The monoisotopic (exact) mass is 379 g/mol. The molecule has 136 valence electrons. The molecule has 4 rings (SSSR count). The van der Waals surface area contributed by atoms with Crippen molar-refractivity contribution in [3.05, 3.63) is 58.4 Å². The molecule has 7 heteroatoms. The fraction of sp³-hybridized carbons (Fsp3) is 0.250. The summed E-state index contributed by atoms with van der Waals surface area (Å²) in [5.74, 6) is 0.470. The quantitative estimate of drug-likeness (QED) is 0.735. The van der Waals surface area contributed by atoms with E-state index in [-0.39, 0.29) is 6.10 Å². The van der Waals surface area contributed by atoms with Crippen molar-refractivity contribution in [3.63, 3.8) is 0 Å². The number of rotatable bonds is 2. The molecule has 0 saturated carbocycles. The van der Waals surface area contributed by atoms with E-state index in [0.29, 0.717) is 23.0 Å². The molecule has 6 nitrogen and oxygen atoms in total. The molecule has 0 spiro atoms. The average Bonchev–Trinajstić information content (AvgIpc) is 2.89. The highest BCUT2D eigenvalue weighted by Gasteiger charge is 2.25. The number of pyridine rings is 1. The summed E-state index contributed by atoms with van der Waals surface area (Å²) in [4.78, 5) is 4.20. The number of nitriles is 1. The normalized spacial score (nSPS) is 16.4. The number of nitrogens with zero attached hydrogens (tertiary/aromatic N) is 4. The Hall–Kier alpha value is -2.88. The van der Waals surface area contributed by atoms with Crippen molar-refractivity contribution >= 4 is 17.4 Å². The Morgan fingerprint density at radius 2 is 2.19 bits per heavy atom. The standard InChI is InChI=1S/C20H18ClN5O/c1-12-8-18-16(6-7-27-12)20(13-2-5-19(23)24-11-13)25-26(18)15-3-4-17(21)14(9-15)10-22/h2-5,9,11-12H,6-8H2,1H3,(H2,23,24)/t12-/m1/s1. The molecule has 0 unspecified atom stereocenters.